The summed E-state index contributed by atoms with van der Waals surface area (Å²) in [4.78, 5) is 0. The van der Waals surface area contributed by atoms with E-state index >= 15 is 0 Å². The van der Waals surface area contributed by atoms with Gasteiger partial charge in [-0.05, 0) is 0 Å². The molecule has 98 valence electrons. The van der Waals surface area contributed by atoms with Gasteiger partial charge in [0.2, 0.25) is 0 Å². The van der Waals surface area contributed by atoms with Crippen molar-refractivity contribution in [1.82, 2.24) is 0 Å². The minimum Gasteiger partial charge on any atom is -0.288 e. The summed E-state index contributed by atoms with van der Waals surface area (Å²) in [6.45, 7) is -3.23. The van der Waals surface area contributed by atoms with Crippen molar-refractivity contribution in [3.05, 3.63) is 0 Å². The van der Waals surface area contributed by atoms with Gasteiger partial charge in [-0.1, -0.05) is 0 Å². The predicted molar refractivity (Wildman–Crippen MR) is 28.0 cm³/mol. The molecule has 11 heteroatoms. The van der Waals surface area contributed by atoms with E-state index in [1.165, 1.54) is 0 Å². The molecule has 0 fully saturated rings. The van der Waals surface area contributed by atoms with Gasteiger partial charge in [0.1, 0.15) is 6.61 Å². The minimum absolute atomic E-state index is 2.23. The number of hydrogen-bond donors (Lipinski definition) is 0. The van der Waals surface area contributed by atoms with E-state index in [1.807, 2.05) is 0 Å². The largest absolute Gasteiger partial charge is 0.522 e. The zero-order chi connectivity index (χ0) is 13.4. The van der Waals surface area contributed by atoms with E-state index in [-0.39, 0.29) is 0 Å². The molecule has 0 aromatic carbocycles. The summed E-state index contributed by atoms with van der Waals surface area (Å²) in [6.07, 6.45) is -18.9. The van der Waals surface area contributed by atoms with Crippen LogP contribution >= 0.6 is 0 Å². The Balaban J connectivity index is 5.00. The molecule has 0 bridgehead atoms. The molecule has 0 amide bonds. The summed E-state index contributed by atoms with van der Waals surface area (Å²) >= 11 is 0. The lowest BCUT2D eigenvalue weighted by molar-refractivity contribution is -0.391. The Morgan fingerprint density at radius 3 is 1.12 bits per heavy atom. The van der Waals surface area contributed by atoms with E-state index in [2.05, 4.69) is 4.74 Å². The van der Waals surface area contributed by atoms with Gasteiger partial charge in [0, 0.05) is 0 Å². The lowest BCUT2D eigenvalue weighted by atomic mass is 10.1. The maximum atomic E-state index is 12.5. The average Bonchev–Trinajstić information content (AvgIpc) is 1.93. The van der Waals surface area contributed by atoms with Gasteiger partial charge in [-0.15, -0.1) is 13.2 Å². The highest BCUT2D eigenvalue weighted by molar-refractivity contribution is 4.94. The summed E-state index contributed by atoms with van der Waals surface area (Å²) in [5.74, 6) is 0. The van der Waals surface area contributed by atoms with Crippen molar-refractivity contribution in [3.63, 3.8) is 0 Å². The molecule has 0 aliphatic carbocycles. The van der Waals surface area contributed by atoms with Crippen LogP contribution in [0.2, 0.25) is 0 Å². The molecule has 0 N–H and O–H groups in total. The van der Waals surface area contributed by atoms with Gasteiger partial charge in [0.25, 0.3) is 0 Å². The first kappa shape index (κ1) is 15.3. The van der Waals surface area contributed by atoms with Crippen LogP contribution in [0.4, 0.5) is 43.9 Å². The molecule has 0 saturated heterocycles. The van der Waals surface area contributed by atoms with E-state index in [9.17, 15) is 43.9 Å². The highest BCUT2D eigenvalue weighted by Gasteiger charge is 2.73. The van der Waals surface area contributed by atoms with Crippen molar-refractivity contribution in [3.8, 4) is 0 Å². The van der Waals surface area contributed by atoms with Crippen molar-refractivity contribution in [2.45, 2.75) is 24.4 Å². The third-order valence-corrected chi connectivity index (χ3v) is 1.33. The fourth-order valence-electron chi connectivity index (χ4n) is 0.506. The smallest absolute Gasteiger partial charge is 0.288 e. The van der Waals surface area contributed by atoms with E-state index < -0.39 is 31.0 Å². The third kappa shape index (κ3) is 3.39. The standard InChI is InChI=1S/C5H2F10O/c6-2(3(7,8)9,4(10,11)12)1-16-5(13,14)15/h1H2. The second-order valence-electron chi connectivity index (χ2n) is 2.53. The fraction of sp³-hybridized carbons (Fsp3) is 1.00. The molecule has 0 aliphatic rings. The van der Waals surface area contributed by atoms with Crippen LogP contribution < -0.4 is 0 Å². The van der Waals surface area contributed by atoms with Gasteiger partial charge in [-0.3, -0.25) is 4.74 Å². The summed E-state index contributed by atoms with van der Waals surface area (Å²) in [7, 11) is 0. The highest BCUT2D eigenvalue weighted by Crippen LogP contribution is 2.46. The van der Waals surface area contributed by atoms with Crippen LogP contribution in [0, 0.1) is 0 Å². The zero-order valence-electron chi connectivity index (χ0n) is 6.89. The van der Waals surface area contributed by atoms with Crippen LogP contribution in [0.25, 0.3) is 0 Å². The van der Waals surface area contributed by atoms with Crippen LogP contribution in [-0.2, 0) is 4.74 Å². The lowest BCUT2D eigenvalue weighted by Crippen LogP contribution is -2.57. The summed E-state index contributed by atoms with van der Waals surface area (Å²) in [5.41, 5.74) is -6.06. The number of alkyl halides is 10. The first-order valence-electron chi connectivity index (χ1n) is 3.24. The van der Waals surface area contributed by atoms with Crippen LogP contribution in [0.3, 0.4) is 0 Å². The van der Waals surface area contributed by atoms with Gasteiger partial charge in [0.15, 0.2) is 0 Å². The first-order chi connectivity index (χ1) is 6.71. The Morgan fingerprint density at radius 2 is 0.938 bits per heavy atom. The van der Waals surface area contributed by atoms with Gasteiger partial charge in [-0.25, -0.2) is 4.39 Å². The number of rotatable bonds is 2. The van der Waals surface area contributed by atoms with E-state index in [4.69, 9.17) is 0 Å². The number of ether oxygens (including phenoxy) is 1. The molecule has 0 atom stereocenters. The number of hydrogen-bond acceptors (Lipinski definition) is 1. The fourth-order valence-corrected chi connectivity index (χ4v) is 0.506. The molecule has 16 heavy (non-hydrogen) atoms. The SMILES string of the molecule is FC(F)(F)OCC(F)(C(F)(F)F)C(F)(F)F. The lowest BCUT2D eigenvalue weighted by Gasteiger charge is -2.29. The van der Waals surface area contributed by atoms with Crippen molar-refractivity contribution in [1.29, 1.82) is 0 Å². The summed E-state index contributed by atoms with van der Waals surface area (Å²) in [6, 6.07) is 0. The second-order valence-corrected chi connectivity index (χ2v) is 2.53. The van der Waals surface area contributed by atoms with Crippen LogP contribution in [0.5, 0.6) is 0 Å². The molecule has 0 heterocycles. The summed E-state index contributed by atoms with van der Waals surface area (Å²) in [5, 5.41) is 0. The van der Waals surface area contributed by atoms with Crippen molar-refractivity contribution in [2.75, 3.05) is 6.61 Å². The van der Waals surface area contributed by atoms with Crippen LogP contribution in [-0.4, -0.2) is 31.0 Å². The molecule has 0 unspecified atom stereocenters. The monoisotopic (exact) mass is 268 g/mol. The van der Waals surface area contributed by atoms with Crippen LogP contribution in [0.15, 0.2) is 0 Å². The van der Waals surface area contributed by atoms with Crippen LogP contribution in [0.1, 0.15) is 0 Å². The molecular weight excluding hydrogens is 266 g/mol. The molecule has 1 nitrogen and oxygen atoms in total. The topological polar surface area (TPSA) is 9.23 Å². The quantitative estimate of drug-likeness (QED) is 0.698. The van der Waals surface area contributed by atoms with E-state index in [0.29, 0.717) is 0 Å². The van der Waals surface area contributed by atoms with E-state index in [0.717, 1.165) is 0 Å². The average molecular weight is 268 g/mol. The van der Waals surface area contributed by atoms with Gasteiger partial charge >= 0.3 is 24.4 Å². The Hall–Kier alpha value is -0.740. The molecule has 0 spiro atoms. The molecular formula is C5H2F10O. The maximum absolute atomic E-state index is 12.5. The van der Waals surface area contributed by atoms with Crippen molar-refractivity contribution >= 4 is 0 Å². The first-order valence-corrected chi connectivity index (χ1v) is 3.24. The van der Waals surface area contributed by atoms with Gasteiger partial charge in [0.05, 0.1) is 0 Å². The normalized spacial score (nSPS) is 15.4. The molecule has 0 aliphatic heterocycles. The minimum atomic E-state index is -6.56. The van der Waals surface area contributed by atoms with Crippen molar-refractivity contribution < 1.29 is 48.6 Å². The molecule has 0 radical (unpaired) electrons. The van der Waals surface area contributed by atoms with Crippen molar-refractivity contribution in [2.24, 2.45) is 0 Å². The third-order valence-electron chi connectivity index (χ3n) is 1.33. The zero-order valence-corrected chi connectivity index (χ0v) is 6.89. The molecule has 0 saturated carbocycles. The highest BCUT2D eigenvalue weighted by atomic mass is 19.4. The Kier molecular flexibility index (Phi) is 3.75. The molecule has 0 aromatic heterocycles. The predicted octanol–water partition coefficient (Wildman–Crippen LogP) is 3.36. The molecule has 0 rings (SSSR count). The molecule has 0 aromatic rings. The maximum Gasteiger partial charge on any atom is 0.522 e. The second kappa shape index (κ2) is 3.93. The Morgan fingerprint density at radius 1 is 0.625 bits per heavy atom. The Bertz CT molecular complexity index is 219. The van der Waals surface area contributed by atoms with Gasteiger partial charge in [-0.2, -0.15) is 26.3 Å². The van der Waals surface area contributed by atoms with Gasteiger partial charge < -0.3 is 0 Å². The Labute approximate surface area is 81.0 Å². The van der Waals surface area contributed by atoms with E-state index in [1.54, 1.807) is 0 Å². The summed E-state index contributed by atoms with van der Waals surface area (Å²) < 4.78 is 118. The number of halogens is 10.